The lowest BCUT2D eigenvalue weighted by Crippen LogP contribution is -2.49. The lowest BCUT2D eigenvalue weighted by molar-refractivity contribution is -0.135. The molecule has 32 heavy (non-hydrogen) atoms. The molecular weight excluding hydrogens is 450 g/mol. The summed E-state index contributed by atoms with van der Waals surface area (Å²) in [4.78, 5) is 43.2. The molecule has 3 heterocycles. The Morgan fingerprint density at radius 2 is 2.00 bits per heavy atom. The van der Waals surface area contributed by atoms with Gasteiger partial charge in [-0.3, -0.25) is 14.5 Å². The van der Waals surface area contributed by atoms with E-state index in [-0.39, 0.29) is 11.5 Å². The number of nitrogens with zero attached hydrogens (tertiary/aromatic N) is 2. The minimum Gasteiger partial charge on any atom is -0.319 e. The summed E-state index contributed by atoms with van der Waals surface area (Å²) in [7, 11) is -3.23. The molecule has 0 saturated carbocycles. The third-order valence-electron chi connectivity index (χ3n) is 6.51. The normalized spacial score (nSPS) is 26.2. The Kier molecular flexibility index (Phi) is 5.09. The highest BCUT2D eigenvalue weighted by molar-refractivity contribution is 7.91. The number of nitrogens with one attached hydrogen (secondary N) is 1. The first-order chi connectivity index (χ1) is 15.3. The molecule has 2 aliphatic heterocycles. The largest absolute Gasteiger partial charge is 0.325 e. The topological polar surface area (TPSA) is 104 Å². The van der Waals surface area contributed by atoms with E-state index in [4.69, 9.17) is 0 Å². The van der Waals surface area contributed by atoms with E-state index in [9.17, 15) is 22.8 Å². The van der Waals surface area contributed by atoms with E-state index in [1.165, 1.54) is 4.90 Å². The molecule has 168 valence electrons. The van der Waals surface area contributed by atoms with Gasteiger partial charge in [0.05, 0.1) is 17.5 Å². The summed E-state index contributed by atoms with van der Waals surface area (Å²) >= 11 is 1.57. The first kappa shape index (κ1) is 21.1. The Labute approximate surface area is 190 Å². The van der Waals surface area contributed by atoms with Crippen LogP contribution in [0.4, 0.5) is 10.5 Å². The van der Waals surface area contributed by atoms with Crippen LogP contribution >= 0.6 is 11.3 Å². The van der Waals surface area contributed by atoms with Crippen LogP contribution in [0.3, 0.4) is 0 Å². The third-order valence-corrected chi connectivity index (χ3v) is 9.24. The van der Waals surface area contributed by atoms with Gasteiger partial charge >= 0.3 is 6.03 Å². The SMILES string of the molecule is O=C1N[C@@]2(CCCc3sccc32)C(=O)N1CC(=O)N(c1ccccc1)[C@@H]1CCS(=O)(=O)C1. The van der Waals surface area contributed by atoms with Crippen molar-refractivity contribution in [2.45, 2.75) is 37.3 Å². The van der Waals surface area contributed by atoms with Gasteiger partial charge in [-0.05, 0) is 49.3 Å². The molecule has 1 aliphatic carbocycles. The first-order valence-corrected chi connectivity index (χ1v) is 13.3. The molecule has 5 rings (SSSR count). The quantitative estimate of drug-likeness (QED) is 0.685. The fraction of sp³-hybridized carbons (Fsp3) is 0.409. The number of thiophene rings is 1. The van der Waals surface area contributed by atoms with E-state index in [1.54, 1.807) is 41.7 Å². The first-order valence-electron chi connectivity index (χ1n) is 10.6. The number of hydrogen-bond acceptors (Lipinski definition) is 6. The number of carbonyl (C=O) groups excluding carboxylic acids is 3. The van der Waals surface area contributed by atoms with Crippen molar-refractivity contribution in [3.63, 3.8) is 0 Å². The van der Waals surface area contributed by atoms with E-state index in [2.05, 4.69) is 5.32 Å². The van der Waals surface area contributed by atoms with E-state index in [1.807, 2.05) is 11.4 Å². The summed E-state index contributed by atoms with van der Waals surface area (Å²) in [5, 5.41) is 4.77. The maximum Gasteiger partial charge on any atom is 0.325 e. The predicted molar refractivity (Wildman–Crippen MR) is 120 cm³/mol. The zero-order valence-electron chi connectivity index (χ0n) is 17.3. The predicted octanol–water partition coefficient (Wildman–Crippen LogP) is 2.05. The highest BCUT2D eigenvalue weighted by Crippen LogP contribution is 2.42. The van der Waals surface area contributed by atoms with Crippen LogP contribution in [-0.4, -0.2) is 55.3 Å². The monoisotopic (exact) mass is 473 g/mol. The Bertz CT molecular complexity index is 1190. The maximum absolute atomic E-state index is 13.5. The molecule has 8 nitrogen and oxygen atoms in total. The molecule has 2 aromatic rings. The van der Waals surface area contributed by atoms with Gasteiger partial charge in [0.15, 0.2) is 9.84 Å². The standard InChI is InChI=1S/C22H23N3O5S2/c26-19(25(15-5-2-1-3-6-15)16-9-12-32(29,30)14-16)13-24-20(27)22(23-21(24)28)10-4-7-18-17(22)8-11-31-18/h1-3,5-6,8,11,16H,4,7,9-10,12-14H2,(H,23,28)/t16-,22-/m1/s1. The van der Waals surface area contributed by atoms with Crippen LogP contribution < -0.4 is 10.2 Å². The molecule has 0 bridgehead atoms. The van der Waals surface area contributed by atoms with Crippen LogP contribution in [0.1, 0.15) is 29.7 Å². The highest BCUT2D eigenvalue weighted by atomic mass is 32.2. The van der Waals surface area contributed by atoms with Crippen molar-refractivity contribution in [2.75, 3.05) is 23.0 Å². The minimum atomic E-state index is -3.23. The summed E-state index contributed by atoms with van der Waals surface area (Å²) in [5.41, 5.74) is 0.266. The molecule has 1 aromatic carbocycles. The van der Waals surface area contributed by atoms with Gasteiger partial charge in [-0.15, -0.1) is 11.3 Å². The van der Waals surface area contributed by atoms with Gasteiger partial charge in [0.2, 0.25) is 5.91 Å². The number of sulfone groups is 1. The number of amides is 4. The van der Waals surface area contributed by atoms with Crippen LogP contribution in [0, 0.1) is 0 Å². The van der Waals surface area contributed by atoms with Crippen molar-refractivity contribution >= 4 is 44.7 Å². The van der Waals surface area contributed by atoms with Crippen molar-refractivity contribution in [2.24, 2.45) is 0 Å². The number of para-hydroxylation sites is 1. The average Bonchev–Trinajstić information content (AvgIpc) is 3.44. The number of urea groups is 1. The molecule has 3 aliphatic rings. The molecule has 2 atom stereocenters. The van der Waals surface area contributed by atoms with Gasteiger partial charge in [-0.2, -0.15) is 0 Å². The molecule has 1 N–H and O–H groups in total. The maximum atomic E-state index is 13.5. The Morgan fingerprint density at radius 1 is 1.22 bits per heavy atom. The van der Waals surface area contributed by atoms with Gasteiger partial charge < -0.3 is 10.2 Å². The second-order valence-corrected chi connectivity index (χ2v) is 11.7. The van der Waals surface area contributed by atoms with Crippen molar-refractivity contribution in [1.82, 2.24) is 10.2 Å². The molecule has 1 aromatic heterocycles. The molecular formula is C22H23N3O5S2. The summed E-state index contributed by atoms with van der Waals surface area (Å²) in [6.45, 7) is -0.433. The molecule has 0 radical (unpaired) electrons. The van der Waals surface area contributed by atoms with Crippen molar-refractivity contribution in [3.8, 4) is 0 Å². The van der Waals surface area contributed by atoms with Gasteiger partial charge in [0, 0.05) is 16.1 Å². The summed E-state index contributed by atoms with van der Waals surface area (Å²) in [5.74, 6) is -1.00. The lowest BCUT2D eigenvalue weighted by Gasteiger charge is -2.32. The van der Waals surface area contributed by atoms with Crippen molar-refractivity contribution in [3.05, 3.63) is 52.2 Å². The number of benzene rings is 1. The number of fused-ring (bicyclic) bond motifs is 2. The van der Waals surface area contributed by atoms with Crippen LogP contribution in [0.15, 0.2) is 41.8 Å². The Balaban J connectivity index is 1.43. The van der Waals surface area contributed by atoms with Gasteiger partial charge in [-0.25, -0.2) is 13.2 Å². The Hall–Kier alpha value is -2.72. The molecule has 1 spiro atoms. The highest BCUT2D eigenvalue weighted by Gasteiger charge is 2.55. The second-order valence-electron chi connectivity index (χ2n) is 8.49. The fourth-order valence-electron chi connectivity index (χ4n) is 5.02. The van der Waals surface area contributed by atoms with Crippen molar-refractivity contribution < 1.29 is 22.8 Å². The van der Waals surface area contributed by atoms with Gasteiger partial charge in [0.25, 0.3) is 5.91 Å². The molecule has 4 amide bonds. The van der Waals surface area contributed by atoms with Gasteiger partial charge in [-0.1, -0.05) is 18.2 Å². The summed E-state index contributed by atoms with van der Waals surface area (Å²) in [6.07, 6.45) is 2.47. The number of rotatable bonds is 4. The van der Waals surface area contributed by atoms with Crippen LogP contribution in [0.2, 0.25) is 0 Å². The van der Waals surface area contributed by atoms with E-state index >= 15 is 0 Å². The zero-order valence-corrected chi connectivity index (χ0v) is 19.0. The Morgan fingerprint density at radius 3 is 2.72 bits per heavy atom. The number of aryl methyl sites for hydroxylation is 1. The smallest absolute Gasteiger partial charge is 0.319 e. The van der Waals surface area contributed by atoms with E-state index in [0.717, 1.165) is 28.2 Å². The molecule has 10 heteroatoms. The average molecular weight is 474 g/mol. The number of hydrogen-bond donors (Lipinski definition) is 1. The minimum absolute atomic E-state index is 0.0153. The number of imide groups is 1. The summed E-state index contributed by atoms with van der Waals surface area (Å²) < 4.78 is 24.2. The number of carbonyl (C=O) groups is 3. The molecule has 2 saturated heterocycles. The molecule has 2 fully saturated rings. The van der Waals surface area contributed by atoms with Crippen molar-refractivity contribution in [1.29, 1.82) is 0 Å². The van der Waals surface area contributed by atoms with Gasteiger partial charge in [0.1, 0.15) is 12.1 Å². The van der Waals surface area contributed by atoms with Crippen LogP contribution in [-0.2, 0) is 31.4 Å². The van der Waals surface area contributed by atoms with Crippen LogP contribution in [0.25, 0.3) is 0 Å². The summed E-state index contributed by atoms with van der Waals surface area (Å²) in [6, 6.07) is 9.56. The third kappa shape index (κ3) is 3.41. The van der Waals surface area contributed by atoms with Crippen LogP contribution in [0.5, 0.6) is 0 Å². The number of anilines is 1. The zero-order chi connectivity index (χ0) is 22.5. The second kappa shape index (κ2) is 7.70. The van der Waals surface area contributed by atoms with E-state index in [0.29, 0.717) is 18.5 Å². The van der Waals surface area contributed by atoms with E-state index < -0.39 is 45.8 Å². The lowest BCUT2D eigenvalue weighted by atomic mass is 9.80. The molecule has 0 unspecified atom stereocenters. The fourth-order valence-corrected chi connectivity index (χ4v) is 7.72.